The molecular weight excluding hydrogens is 283 g/mol. The van der Waals surface area contributed by atoms with Gasteiger partial charge in [-0.15, -0.1) is 0 Å². The van der Waals surface area contributed by atoms with Crippen molar-refractivity contribution in [2.45, 2.75) is 6.54 Å². The maximum absolute atomic E-state index is 13.5. The van der Waals surface area contributed by atoms with Crippen LogP contribution in [0, 0.1) is 15.9 Å². The summed E-state index contributed by atoms with van der Waals surface area (Å²) >= 11 is 0. The lowest BCUT2D eigenvalue weighted by Gasteiger charge is -2.07. The third-order valence-electron chi connectivity index (χ3n) is 2.79. The second kappa shape index (κ2) is 5.53. The minimum Gasteiger partial charge on any atom is -0.478 e. The molecule has 2 rings (SSSR count). The van der Waals surface area contributed by atoms with Crippen LogP contribution in [-0.2, 0) is 6.54 Å². The minimum atomic E-state index is -1.20. The van der Waals surface area contributed by atoms with Gasteiger partial charge >= 0.3 is 11.7 Å². The summed E-state index contributed by atoms with van der Waals surface area (Å²) in [6, 6.07) is 5.50. The maximum Gasteiger partial charge on any atom is 0.337 e. The van der Waals surface area contributed by atoms with Crippen LogP contribution in [0.1, 0.15) is 15.9 Å². The number of carboxylic acids is 1. The van der Waals surface area contributed by atoms with Crippen molar-refractivity contribution in [1.29, 1.82) is 0 Å². The number of halogens is 1. The van der Waals surface area contributed by atoms with Crippen molar-refractivity contribution < 1.29 is 19.2 Å². The molecule has 108 valence electrons. The number of nitro groups is 1. The number of rotatable bonds is 4. The zero-order valence-electron chi connectivity index (χ0n) is 10.5. The van der Waals surface area contributed by atoms with E-state index in [-0.39, 0.29) is 12.1 Å². The third-order valence-corrected chi connectivity index (χ3v) is 2.79. The molecule has 0 unspecified atom stereocenters. The molecule has 1 aromatic heterocycles. The molecule has 1 heterocycles. The number of benzene rings is 1. The van der Waals surface area contributed by atoms with Crippen LogP contribution < -0.4 is 5.56 Å². The van der Waals surface area contributed by atoms with Gasteiger partial charge in [0.15, 0.2) is 0 Å². The van der Waals surface area contributed by atoms with E-state index < -0.39 is 28.0 Å². The monoisotopic (exact) mass is 292 g/mol. The fourth-order valence-corrected chi connectivity index (χ4v) is 1.77. The first kappa shape index (κ1) is 14.4. The van der Waals surface area contributed by atoms with Crippen LogP contribution in [0.2, 0.25) is 0 Å². The average molecular weight is 292 g/mol. The van der Waals surface area contributed by atoms with E-state index in [1.54, 1.807) is 0 Å². The van der Waals surface area contributed by atoms with Crippen molar-refractivity contribution in [1.82, 2.24) is 4.57 Å². The van der Waals surface area contributed by atoms with Crippen molar-refractivity contribution >= 4 is 11.7 Å². The Hall–Kier alpha value is -3.03. The fourth-order valence-electron chi connectivity index (χ4n) is 1.77. The van der Waals surface area contributed by atoms with Gasteiger partial charge in [-0.2, -0.15) is 4.39 Å². The molecule has 0 saturated carbocycles. The standard InChI is InChI=1S/C13H9FN2O5/c14-10-5-8(1-3-11(10)16(20)21)6-15-7-9(13(18)19)2-4-12(15)17/h1-5,7H,6H2,(H,18,19). The van der Waals surface area contributed by atoms with Crippen LogP contribution in [0.5, 0.6) is 0 Å². The molecule has 0 radical (unpaired) electrons. The summed E-state index contributed by atoms with van der Waals surface area (Å²) in [5, 5.41) is 19.4. The number of carbonyl (C=O) groups is 1. The highest BCUT2D eigenvalue weighted by atomic mass is 19.1. The fraction of sp³-hybridized carbons (Fsp3) is 0.0769. The first-order valence-corrected chi connectivity index (χ1v) is 5.75. The summed E-state index contributed by atoms with van der Waals surface area (Å²) in [6.45, 7) is -0.0884. The van der Waals surface area contributed by atoms with Crippen molar-refractivity contribution in [3.8, 4) is 0 Å². The number of hydrogen-bond acceptors (Lipinski definition) is 4. The number of nitro benzene ring substituents is 1. The number of pyridine rings is 1. The van der Waals surface area contributed by atoms with Crippen molar-refractivity contribution in [2.75, 3.05) is 0 Å². The van der Waals surface area contributed by atoms with E-state index in [2.05, 4.69) is 0 Å². The first-order chi connectivity index (χ1) is 9.88. The SMILES string of the molecule is O=C(O)c1ccc(=O)n(Cc2ccc([N+](=O)[O-])c(F)c2)c1. The average Bonchev–Trinajstić information content (AvgIpc) is 2.40. The summed E-state index contributed by atoms with van der Waals surface area (Å²) in [5.74, 6) is -2.21. The van der Waals surface area contributed by atoms with Crippen molar-refractivity contribution in [2.24, 2.45) is 0 Å². The number of aromatic nitrogens is 1. The molecule has 0 aliphatic heterocycles. The Morgan fingerprint density at radius 3 is 2.62 bits per heavy atom. The van der Waals surface area contributed by atoms with E-state index in [4.69, 9.17) is 5.11 Å². The molecule has 7 nitrogen and oxygen atoms in total. The number of nitrogens with zero attached hydrogens (tertiary/aromatic N) is 2. The van der Waals surface area contributed by atoms with Crippen LogP contribution in [-0.4, -0.2) is 20.6 Å². The van der Waals surface area contributed by atoms with E-state index in [0.717, 1.165) is 35.0 Å². The smallest absolute Gasteiger partial charge is 0.337 e. The van der Waals surface area contributed by atoms with Crippen LogP contribution in [0.3, 0.4) is 0 Å². The number of hydrogen-bond donors (Lipinski definition) is 1. The second-order valence-electron chi connectivity index (χ2n) is 4.23. The Bertz CT molecular complexity index is 784. The zero-order valence-corrected chi connectivity index (χ0v) is 10.5. The van der Waals surface area contributed by atoms with Crippen molar-refractivity contribution in [3.63, 3.8) is 0 Å². The number of carboxylic acid groups (broad SMARTS) is 1. The Balaban J connectivity index is 2.36. The van der Waals surface area contributed by atoms with Crippen LogP contribution in [0.15, 0.2) is 41.3 Å². The molecule has 8 heteroatoms. The normalized spacial score (nSPS) is 10.3. The highest BCUT2D eigenvalue weighted by molar-refractivity contribution is 5.87. The summed E-state index contributed by atoms with van der Waals surface area (Å²) in [4.78, 5) is 32.1. The summed E-state index contributed by atoms with van der Waals surface area (Å²) in [6.07, 6.45) is 1.13. The van der Waals surface area contributed by atoms with Gasteiger partial charge < -0.3 is 9.67 Å². The van der Waals surface area contributed by atoms with Crippen LogP contribution in [0.25, 0.3) is 0 Å². The first-order valence-electron chi connectivity index (χ1n) is 5.75. The van der Waals surface area contributed by atoms with Crippen LogP contribution >= 0.6 is 0 Å². The van der Waals surface area contributed by atoms with E-state index in [1.807, 2.05) is 0 Å². The largest absolute Gasteiger partial charge is 0.478 e. The third kappa shape index (κ3) is 3.11. The van der Waals surface area contributed by atoms with E-state index in [0.29, 0.717) is 5.56 Å². The molecule has 0 amide bonds. The Morgan fingerprint density at radius 2 is 2.05 bits per heavy atom. The molecule has 1 aromatic carbocycles. The predicted octanol–water partition coefficient (Wildman–Crippen LogP) is 1.64. The zero-order chi connectivity index (χ0) is 15.6. The van der Waals surface area contributed by atoms with Gasteiger partial charge in [-0.05, 0) is 17.7 Å². The predicted molar refractivity (Wildman–Crippen MR) is 69.8 cm³/mol. The lowest BCUT2D eigenvalue weighted by Crippen LogP contribution is -2.20. The van der Waals surface area contributed by atoms with E-state index in [9.17, 15) is 24.1 Å². The van der Waals surface area contributed by atoms with Crippen LogP contribution in [0.4, 0.5) is 10.1 Å². The summed E-state index contributed by atoms with van der Waals surface area (Å²) in [7, 11) is 0. The molecule has 1 N–H and O–H groups in total. The van der Waals surface area contributed by atoms with Crippen molar-refractivity contribution in [3.05, 3.63) is 73.9 Å². The molecular formula is C13H9FN2O5. The van der Waals surface area contributed by atoms with Gasteiger partial charge in [0.1, 0.15) is 0 Å². The lowest BCUT2D eigenvalue weighted by molar-refractivity contribution is -0.387. The van der Waals surface area contributed by atoms with Gasteiger partial charge in [0.05, 0.1) is 17.0 Å². The molecule has 0 aliphatic rings. The Morgan fingerprint density at radius 1 is 1.33 bits per heavy atom. The minimum absolute atomic E-state index is 0.0861. The molecule has 0 atom stereocenters. The van der Waals surface area contributed by atoms with Gasteiger partial charge in [0, 0.05) is 18.3 Å². The highest BCUT2D eigenvalue weighted by Gasteiger charge is 2.14. The Labute approximate surface area is 117 Å². The molecule has 0 fully saturated rings. The Kier molecular flexibility index (Phi) is 3.79. The molecule has 0 bridgehead atoms. The van der Waals surface area contributed by atoms with E-state index in [1.165, 1.54) is 6.07 Å². The molecule has 0 aliphatic carbocycles. The lowest BCUT2D eigenvalue weighted by atomic mass is 10.2. The molecule has 0 saturated heterocycles. The highest BCUT2D eigenvalue weighted by Crippen LogP contribution is 2.18. The topological polar surface area (TPSA) is 102 Å². The molecule has 2 aromatic rings. The summed E-state index contributed by atoms with van der Waals surface area (Å²) < 4.78 is 14.6. The number of aromatic carboxylic acids is 1. The summed E-state index contributed by atoms with van der Waals surface area (Å²) in [5.41, 5.74) is -0.899. The van der Waals surface area contributed by atoms with Gasteiger partial charge in [0.25, 0.3) is 5.56 Å². The van der Waals surface area contributed by atoms with Gasteiger partial charge in [0.2, 0.25) is 5.82 Å². The second-order valence-corrected chi connectivity index (χ2v) is 4.23. The van der Waals surface area contributed by atoms with Gasteiger partial charge in [-0.25, -0.2) is 4.79 Å². The molecule has 21 heavy (non-hydrogen) atoms. The van der Waals surface area contributed by atoms with Gasteiger partial charge in [-0.1, -0.05) is 6.07 Å². The van der Waals surface area contributed by atoms with Gasteiger partial charge in [-0.3, -0.25) is 14.9 Å². The molecule has 0 spiro atoms. The maximum atomic E-state index is 13.5. The van der Waals surface area contributed by atoms with E-state index >= 15 is 0 Å². The quantitative estimate of drug-likeness (QED) is 0.681.